The van der Waals surface area contributed by atoms with Crippen molar-refractivity contribution in [1.82, 2.24) is 10.3 Å². The minimum atomic E-state index is -0.0773. The van der Waals surface area contributed by atoms with Gasteiger partial charge in [-0.2, -0.15) is 0 Å². The van der Waals surface area contributed by atoms with Crippen molar-refractivity contribution in [2.75, 3.05) is 6.54 Å². The molecule has 0 unspecified atom stereocenters. The van der Waals surface area contributed by atoms with Crippen LogP contribution in [0.25, 0.3) is 17.0 Å². The number of aromatic nitrogens is 1. The number of amidine groups is 1. The lowest BCUT2D eigenvalue weighted by Crippen LogP contribution is -2.19. The van der Waals surface area contributed by atoms with E-state index in [-0.39, 0.29) is 5.91 Å². The minimum Gasteiger partial charge on any atom is -0.301 e. The fourth-order valence-corrected chi connectivity index (χ4v) is 3.02. The molecule has 2 aromatic rings. The Bertz CT molecular complexity index is 767. The van der Waals surface area contributed by atoms with Crippen LogP contribution in [0.15, 0.2) is 46.4 Å². The number of unbranched alkanes of at least 4 members (excludes halogenated alkanes) is 1. The lowest BCUT2D eigenvalue weighted by atomic mass is 10.1. The Morgan fingerprint density at radius 2 is 2.27 bits per heavy atom. The zero-order valence-electron chi connectivity index (χ0n) is 12.4. The van der Waals surface area contributed by atoms with E-state index in [1.165, 1.54) is 11.8 Å². The molecular weight excluding hydrogens is 294 g/mol. The summed E-state index contributed by atoms with van der Waals surface area (Å²) in [5.74, 6) is -0.0773. The number of amides is 1. The molecule has 1 N–H and O–H groups in total. The van der Waals surface area contributed by atoms with Gasteiger partial charge >= 0.3 is 0 Å². The van der Waals surface area contributed by atoms with Crippen LogP contribution in [0.5, 0.6) is 0 Å². The van der Waals surface area contributed by atoms with Crippen LogP contribution in [0, 0.1) is 0 Å². The Kier molecular flexibility index (Phi) is 4.53. The van der Waals surface area contributed by atoms with Crippen molar-refractivity contribution >= 4 is 39.8 Å². The van der Waals surface area contributed by atoms with E-state index in [0.29, 0.717) is 10.1 Å². The quantitative estimate of drug-likeness (QED) is 0.693. The maximum Gasteiger partial charge on any atom is 0.264 e. The van der Waals surface area contributed by atoms with Gasteiger partial charge in [-0.25, -0.2) is 0 Å². The van der Waals surface area contributed by atoms with Gasteiger partial charge in [-0.3, -0.25) is 14.8 Å². The number of nitrogens with zero attached hydrogens (tertiary/aromatic N) is 2. The second kappa shape index (κ2) is 6.75. The van der Waals surface area contributed by atoms with Crippen LogP contribution in [0.4, 0.5) is 0 Å². The standard InChI is InChI=1S/C17H17N3OS/c1-2-3-8-19-17-20-16(21)15(22-17)11-12-6-7-14-13(10-12)5-4-9-18-14/h4-7,9-11H,2-3,8H2,1H3,(H,19,20,21)/b15-11-. The number of benzene rings is 1. The number of hydrogen-bond donors (Lipinski definition) is 1. The Hall–Kier alpha value is -2.14. The van der Waals surface area contributed by atoms with Gasteiger partial charge in [0.2, 0.25) is 0 Å². The molecule has 0 bridgehead atoms. The van der Waals surface area contributed by atoms with E-state index in [2.05, 4.69) is 22.2 Å². The predicted octanol–water partition coefficient (Wildman–Crippen LogP) is 3.59. The number of pyridine rings is 1. The van der Waals surface area contributed by atoms with Gasteiger partial charge < -0.3 is 5.32 Å². The van der Waals surface area contributed by atoms with Crippen LogP contribution in [-0.4, -0.2) is 22.6 Å². The number of carbonyl (C=O) groups is 1. The van der Waals surface area contributed by atoms with E-state index >= 15 is 0 Å². The molecule has 22 heavy (non-hydrogen) atoms. The topological polar surface area (TPSA) is 54.4 Å². The van der Waals surface area contributed by atoms with Crippen molar-refractivity contribution in [3.8, 4) is 0 Å². The minimum absolute atomic E-state index is 0.0773. The Morgan fingerprint density at radius 1 is 1.36 bits per heavy atom. The molecular formula is C17H17N3OS. The molecule has 112 valence electrons. The number of aliphatic imine (C=N–C) groups is 1. The third-order valence-electron chi connectivity index (χ3n) is 3.34. The molecule has 1 fully saturated rings. The van der Waals surface area contributed by atoms with Crippen molar-refractivity contribution in [2.45, 2.75) is 19.8 Å². The molecule has 0 aliphatic carbocycles. The van der Waals surface area contributed by atoms with E-state index in [4.69, 9.17) is 0 Å². The molecule has 0 atom stereocenters. The van der Waals surface area contributed by atoms with Gasteiger partial charge in [-0.05, 0) is 48.0 Å². The smallest absolute Gasteiger partial charge is 0.264 e. The molecule has 0 radical (unpaired) electrons. The first-order valence-corrected chi connectivity index (χ1v) is 8.18. The van der Waals surface area contributed by atoms with Crippen molar-refractivity contribution in [1.29, 1.82) is 0 Å². The van der Waals surface area contributed by atoms with E-state index < -0.39 is 0 Å². The third kappa shape index (κ3) is 3.36. The number of thioether (sulfide) groups is 1. The molecule has 4 nitrogen and oxygen atoms in total. The fourth-order valence-electron chi connectivity index (χ4n) is 2.18. The van der Waals surface area contributed by atoms with Crippen LogP contribution in [-0.2, 0) is 4.79 Å². The molecule has 1 amide bonds. The first kappa shape index (κ1) is 14.8. The summed E-state index contributed by atoms with van der Waals surface area (Å²) in [5.41, 5.74) is 1.95. The van der Waals surface area contributed by atoms with Crippen LogP contribution in [0.1, 0.15) is 25.3 Å². The normalized spacial score (nSPS) is 18.3. The lowest BCUT2D eigenvalue weighted by Gasteiger charge is -1.99. The van der Waals surface area contributed by atoms with Crippen LogP contribution in [0.2, 0.25) is 0 Å². The van der Waals surface area contributed by atoms with Crippen molar-refractivity contribution in [2.24, 2.45) is 4.99 Å². The van der Waals surface area contributed by atoms with E-state index in [1.807, 2.05) is 36.4 Å². The van der Waals surface area contributed by atoms with Crippen LogP contribution in [0.3, 0.4) is 0 Å². The molecule has 3 rings (SSSR count). The van der Waals surface area contributed by atoms with Gasteiger partial charge in [-0.1, -0.05) is 25.5 Å². The first-order valence-electron chi connectivity index (χ1n) is 7.36. The summed E-state index contributed by atoms with van der Waals surface area (Å²) < 4.78 is 0. The number of hydrogen-bond acceptors (Lipinski definition) is 4. The second-order valence-corrected chi connectivity index (χ2v) is 6.09. The van der Waals surface area contributed by atoms with Crippen molar-refractivity contribution in [3.05, 3.63) is 47.0 Å². The number of fused-ring (bicyclic) bond motifs is 1. The summed E-state index contributed by atoms with van der Waals surface area (Å²) in [5, 5.41) is 4.58. The molecule has 1 aliphatic rings. The molecule has 1 aliphatic heterocycles. The van der Waals surface area contributed by atoms with E-state index in [0.717, 1.165) is 35.9 Å². The average molecular weight is 311 g/mol. The van der Waals surface area contributed by atoms with Crippen LogP contribution < -0.4 is 5.32 Å². The Balaban J connectivity index is 1.81. The summed E-state index contributed by atoms with van der Waals surface area (Å²) in [6.07, 6.45) is 5.81. The van der Waals surface area contributed by atoms with Gasteiger partial charge in [0.05, 0.1) is 10.4 Å². The number of rotatable bonds is 4. The monoisotopic (exact) mass is 311 g/mol. The van der Waals surface area contributed by atoms with Gasteiger partial charge in [-0.15, -0.1) is 0 Å². The van der Waals surface area contributed by atoms with Gasteiger partial charge in [0, 0.05) is 18.1 Å². The molecule has 1 saturated heterocycles. The number of carbonyl (C=O) groups excluding carboxylic acids is 1. The summed E-state index contributed by atoms with van der Waals surface area (Å²) in [6, 6.07) is 9.91. The van der Waals surface area contributed by atoms with E-state index in [1.54, 1.807) is 6.20 Å². The summed E-state index contributed by atoms with van der Waals surface area (Å²) in [6.45, 7) is 2.88. The largest absolute Gasteiger partial charge is 0.301 e. The van der Waals surface area contributed by atoms with Gasteiger partial charge in [0.25, 0.3) is 5.91 Å². The molecule has 1 aromatic carbocycles. The Labute approximate surface area is 133 Å². The summed E-state index contributed by atoms with van der Waals surface area (Å²) >= 11 is 1.40. The highest BCUT2D eigenvalue weighted by Gasteiger charge is 2.23. The fraction of sp³-hybridized carbons (Fsp3) is 0.235. The summed E-state index contributed by atoms with van der Waals surface area (Å²) in [7, 11) is 0. The highest BCUT2D eigenvalue weighted by atomic mass is 32.2. The molecule has 0 spiro atoms. The maximum absolute atomic E-state index is 12.0. The third-order valence-corrected chi connectivity index (χ3v) is 4.29. The molecule has 1 aromatic heterocycles. The SMILES string of the molecule is CCCCN=C1NC(=O)/C(=C/c2ccc3ncccc3c2)S1. The predicted molar refractivity (Wildman–Crippen MR) is 92.7 cm³/mol. The molecule has 5 heteroatoms. The van der Waals surface area contributed by atoms with Gasteiger partial charge in [0.15, 0.2) is 5.17 Å². The average Bonchev–Trinajstić information content (AvgIpc) is 2.87. The number of nitrogens with one attached hydrogen (secondary N) is 1. The Morgan fingerprint density at radius 3 is 3.14 bits per heavy atom. The first-order chi connectivity index (χ1) is 10.8. The highest BCUT2D eigenvalue weighted by Crippen LogP contribution is 2.26. The van der Waals surface area contributed by atoms with Gasteiger partial charge in [0.1, 0.15) is 0 Å². The maximum atomic E-state index is 12.0. The summed E-state index contributed by atoms with van der Waals surface area (Å²) in [4.78, 5) is 21.4. The van der Waals surface area contributed by atoms with Crippen molar-refractivity contribution < 1.29 is 4.79 Å². The van der Waals surface area contributed by atoms with Crippen molar-refractivity contribution in [3.63, 3.8) is 0 Å². The zero-order chi connectivity index (χ0) is 15.4. The lowest BCUT2D eigenvalue weighted by molar-refractivity contribution is -0.115. The van der Waals surface area contributed by atoms with E-state index in [9.17, 15) is 4.79 Å². The zero-order valence-corrected chi connectivity index (χ0v) is 13.2. The van der Waals surface area contributed by atoms with Crippen LogP contribution >= 0.6 is 11.8 Å². The molecule has 0 saturated carbocycles. The highest BCUT2D eigenvalue weighted by molar-refractivity contribution is 8.18. The molecule has 2 heterocycles. The second-order valence-electron chi connectivity index (χ2n) is 5.06.